The van der Waals surface area contributed by atoms with Gasteiger partial charge in [-0.3, -0.25) is 34.6 Å². The standard InChI is InChI=1S/C21H21BrN6O9/c1-12(29)23-17-10-13(26(7-5-19(30)31)8-6-20(32)37-2)3-4-16(17)24-25-21-15(22)9-14(27(33)34)11-18(21)28(35)36/h3-4,9-11H,5-8H2,1-2H3,(H,23,29)(H,30,31). The first-order valence-corrected chi connectivity index (χ1v) is 11.2. The molecular formula is C21H21BrN6O9. The predicted octanol–water partition coefficient (Wildman–Crippen LogP) is 4.48. The van der Waals surface area contributed by atoms with Gasteiger partial charge in [0, 0.05) is 31.8 Å². The molecule has 0 fully saturated rings. The SMILES string of the molecule is COC(=O)CCN(CCC(=O)O)c1ccc(N=Nc2c(Br)cc([N+](=O)[O-])cc2[N+](=O)[O-])c(NC(C)=O)c1. The lowest BCUT2D eigenvalue weighted by Gasteiger charge is -2.24. The summed E-state index contributed by atoms with van der Waals surface area (Å²) in [5.74, 6) is -2.02. The van der Waals surface area contributed by atoms with Gasteiger partial charge in [0.05, 0.1) is 46.0 Å². The molecule has 0 aliphatic rings. The summed E-state index contributed by atoms with van der Waals surface area (Å²) in [7, 11) is 1.23. The zero-order valence-electron chi connectivity index (χ0n) is 19.5. The van der Waals surface area contributed by atoms with Gasteiger partial charge in [0.2, 0.25) is 5.91 Å². The number of nitrogens with one attached hydrogen (secondary N) is 1. The molecule has 37 heavy (non-hydrogen) atoms. The Morgan fingerprint density at radius 1 is 1.08 bits per heavy atom. The van der Waals surface area contributed by atoms with Crippen molar-refractivity contribution in [3.8, 4) is 0 Å². The molecule has 15 nitrogen and oxygen atoms in total. The van der Waals surface area contributed by atoms with Gasteiger partial charge in [-0.25, -0.2) is 0 Å². The number of amides is 1. The van der Waals surface area contributed by atoms with Crippen LogP contribution in [-0.2, 0) is 19.1 Å². The summed E-state index contributed by atoms with van der Waals surface area (Å²) in [6, 6.07) is 6.24. The molecule has 2 aromatic carbocycles. The van der Waals surface area contributed by atoms with E-state index in [1.165, 1.54) is 32.2 Å². The van der Waals surface area contributed by atoms with Crippen molar-refractivity contribution in [1.82, 2.24) is 0 Å². The number of carbonyl (C=O) groups is 3. The number of rotatable bonds is 12. The molecule has 196 valence electrons. The maximum absolute atomic E-state index is 11.8. The minimum atomic E-state index is -1.05. The Morgan fingerprint density at radius 2 is 1.76 bits per heavy atom. The van der Waals surface area contributed by atoms with Gasteiger partial charge in [-0.2, -0.15) is 0 Å². The van der Waals surface area contributed by atoms with E-state index in [9.17, 15) is 34.6 Å². The first kappa shape index (κ1) is 28.8. The van der Waals surface area contributed by atoms with Crippen molar-refractivity contribution in [3.05, 3.63) is 55.0 Å². The molecule has 0 saturated heterocycles. The van der Waals surface area contributed by atoms with Crippen LogP contribution in [0.1, 0.15) is 19.8 Å². The van der Waals surface area contributed by atoms with Crippen LogP contribution in [0.25, 0.3) is 0 Å². The van der Waals surface area contributed by atoms with E-state index in [1.54, 1.807) is 4.90 Å². The van der Waals surface area contributed by atoms with Gasteiger partial charge in [-0.15, -0.1) is 10.2 Å². The highest BCUT2D eigenvalue weighted by atomic mass is 79.9. The number of nitrogens with zero attached hydrogens (tertiary/aromatic N) is 5. The van der Waals surface area contributed by atoms with Crippen molar-refractivity contribution in [2.24, 2.45) is 10.2 Å². The van der Waals surface area contributed by atoms with E-state index in [-0.39, 0.29) is 47.5 Å². The summed E-state index contributed by atoms with van der Waals surface area (Å²) in [4.78, 5) is 56.9. The molecule has 0 bridgehead atoms. The lowest BCUT2D eigenvalue weighted by Crippen LogP contribution is -2.29. The summed E-state index contributed by atoms with van der Waals surface area (Å²) in [5, 5.41) is 42.0. The Bertz CT molecular complexity index is 1270. The third-order valence-electron chi connectivity index (χ3n) is 4.76. The Morgan fingerprint density at radius 3 is 2.32 bits per heavy atom. The van der Waals surface area contributed by atoms with Crippen molar-refractivity contribution >= 4 is 67.9 Å². The molecule has 2 rings (SSSR count). The average molecular weight is 581 g/mol. The van der Waals surface area contributed by atoms with Gasteiger partial charge in [0.15, 0.2) is 5.69 Å². The molecule has 2 N–H and O–H groups in total. The van der Waals surface area contributed by atoms with Crippen molar-refractivity contribution in [2.75, 3.05) is 30.4 Å². The molecule has 0 aliphatic carbocycles. The summed E-state index contributed by atoms with van der Waals surface area (Å²) >= 11 is 3.04. The van der Waals surface area contributed by atoms with Gasteiger partial charge < -0.3 is 20.1 Å². The summed E-state index contributed by atoms with van der Waals surface area (Å²) in [5.41, 5.74) is -0.776. The van der Waals surface area contributed by atoms with Crippen molar-refractivity contribution in [1.29, 1.82) is 0 Å². The number of hydrogen-bond acceptors (Lipinski definition) is 11. The van der Waals surface area contributed by atoms with Gasteiger partial charge in [0.1, 0.15) is 5.69 Å². The summed E-state index contributed by atoms with van der Waals surface area (Å²) < 4.78 is 4.59. The molecule has 0 saturated carbocycles. The zero-order valence-corrected chi connectivity index (χ0v) is 21.1. The number of halogens is 1. The zero-order chi connectivity index (χ0) is 27.7. The molecule has 0 aliphatic heterocycles. The van der Waals surface area contributed by atoms with Gasteiger partial charge in [0.25, 0.3) is 5.69 Å². The molecular weight excluding hydrogens is 560 g/mol. The Hall–Kier alpha value is -4.47. The number of methoxy groups -OCH3 is 1. The smallest absolute Gasteiger partial charge is 0.307 e. The molecule has 0 radical (unpaired) electrons. The number of aliphatic carboxylic acids is 1. The van der Waals surface area contributed by atoms with Crippen LogP contribution >= 0.6 is 15.9 Å². The van der Waals surface area contributed by atoms with Gasteiger partial charge in [-0.05, 0) is 34.1 Å². The van der Waals surface area contributed by atoms with E-state index in [2.05, 4.69) is 36.2 Å². The van der Waals surface area contributed by atoms with E-state index in [1.807, 2.05) is 0 Å². The van der Waals surface area contributed by atoms with Crippen LogP contribution in [0.4, 0.5) is 34.1 Å². The minimum absolute atomic E-state index is 0.0229. The molecule has 0 unspecified atom stereocenters. The number of anilines is 2. The van der Waals surface area contributed by atoms with E-state index < -0.39 is 39.1 Å². The monoisotopic (exact) mass is 580 g/mol. The van der Waals surface area contributed by atoms with Crippen LogP contribution in [0, 0.1) is 20.2 Å². The van der Waals surface area contributed by atoms with E-state index >= 15 is 0 Å². The number of esters is 1. The molecule has 1 amide bonds. The maximum Gasteiger partial charge on any atom is 0.307 e. The van der Waals surface area contributed by atoms with E-state index in [0.717, 1.165) is 12.1 Å². The number of hydrogen-bond donors (Lipinski definition) is 2. The number of nitro groups is 2. The number of carbonyl (C=O) groups excluding carboxylic acids is 2. The van der Waals surface area contributed by atoms with Crippen LogP contribution in [-0.4, -0.2) is 53.0 Å². The molecule has 0 spiro atoms. The number of azo groups is 1. The number of non-ortho nitro benzene ring substituents is 1. The molecule has 0 heterocycles. The third-order valence-corrected chi connectivity index (χ3v) is 5.36. The maximum atomic E-state index is 11.8. The Kier molecular flexibility index (Phi) is 10.1. The summed E-state index contributed by atoms with van der Waals surface area (Å²) in [6.45, 7) is 1.42. The van der Waals surface area contributed by atoms with Gasteiger partial charge in [-0.1, -0.05) is 0 Å². The Labute approximate surface area is 217 Å². The average Bonchev–Trinajstić information content (AvgIpc) is 2.82. The molecule has 16 heteroatoms. The van der Waals surface area contributed by atoms with Crippen molar-refractivity contribution < 1.29 is 34.1 Å². The van der Waals surface area contributed by atoms with Crippen molar-refractivity contribution in [3.63, 3.8) is 0 Å². The second kappa shape index (κ2) is 13.0. The highest BCUT2D eigenvalue weighted by Gasteiger charge is 2.23. The second-order valence-corrected chi connectivity index (χ2v) is 8.20. The fourth-order valence-corrected chi connectivity index (χ4v) is 3.56. The lowest BCUT2D eigenvalue weighted by molar-refractivity contribution is -0.393. The number of carboxylic acid groups (broad SMARTS) is 1. The first-order chi connectivity index (χ1) is 17.4. The fourth-order valence-electron chi connectivity index (χ4n) is 3.04. The highest BCUT2D eigenvalue weighted by Crippen LogP contribution is 2.40. The normalized spacial score (nSPS) is 10.7. The Balaban J connectivity index is 2.51. The van der Waals surface area contributed by atoms with E-state index in [0.29, 0.717) is 5.69 Å². The number of carboxylic acids is 1. The largest absolute Gasteiger partial charge is 0.481 e. The second-order valence-electron chi connectivity index (χ2n) is 7.35. The quantitative estimate of drug-likeness (QED) is 0.155. The third kappa shape index (κ3) is 8.31. The minimum Gasteiger partial charge on any atom is -0.481 e. The highest BCUT2D eigenvalue weighted by molar-refractivity contribution is 9.10. The number of nitro benzene ring substituents is 2. The molecule has 2 aromatic rings. The molecule has 0 aromatic heterocycles. The lowest BCUT2D eigenvalue weighted by atomic mass is 10.2. The van der Waals surface area contributed by atoms with Crippen LogP contribution in [0.3, 0.4) is 0 Å². The van der Waals surface area contributed by atoms with Crippen LogP contribution in [0.5, 0.6) is 0 Å². The van der Waals surface area contributed by atoms with Crippen LogP contribution < -0.4 is 10.2 Å². The van der Waals surface area contributed by atoms with Crippen LogP contribution in [0.15, 0.2) is 45.0 Å². The van der Waals surface area contributed by atoms with Crippen molar-refractivity contribution in [2.45, 2.75) is 19.8 Å². The van der Waals surface area contributed by atoms with E-state index in [4.69, 9.17) is 5.11 Å². The first-order valence-electron chi connectivity index (χ1n) is 10.4. The number of ether oxygens (including phenoxy) is 1. The predicted molar refractivity (Wildman–Crippen MR) is 133 cm³/mol. The van der Waals surface area contributed by atoms with Crippen LogP contribution in [0.2, 0.25) is 0 Å². The van der Waals surface area contributed by atoms with Gasteiger partial charge >= 0.3 is 17.6 Å². The summed E-state index contributed by atoms with van der Waals surface area (Å²) in [6.07, 6.45) is -0.249. The number of benzene rings is 2. The topological polar surface area (TPSA) is 207 Å². The molecule has 0 atom stereocenters. The fraction of sp³-hybridized carbons (Fsp3) is 0.286.